The lowest BCUT2D eigenvalue weighted by Crippen LogP contribution is -2.37. The minimum Gasteiger partial charge on any atom is -0.303 e. The van der Waals surface area contributed by atoms with Crippen LogP contribution in [0, 0.1) is 11.3 Å². The molecule has 1 saturated heterocycles. The number of carbonyl (C=O) groups is 3. The fourth-order valence-corrected chi connectivity index (χ4v) is 3.51. The molecule has 2 aliphatic rings. The Morgan fingerprint density at radius 2 is 1.75 bits per heavy atom. The molecule has 20 heavy (non-hydrogen) atoms. The number of hydrogen-bond donors (Lipinski definition) is 0. The van der Waals surface area contributed by atoms with Gasteiger partial charge in [-0.3, -0.25) is 14.5 Å². The number of amides is 2. The summed E-state index contributed by atoms with van der Waals surface area (Å²) in [5.74, 6) is -0.885. The predicted octanol–water partition coefficient (Wildman–Crippen LogP) is 2.33. The molecule has 0 radical (unpaired) electrons. The molecule has 3 rings (SSSR count). The van der Waals surface area contributed by atoms with E-state index >= 15 is 0 Å². The monoisotopic (exact) mass is 271 g/mol. The van der Waals surface area contributed by atoms with E-state index in [4.69, 9.17) is 0 Å². The lowest BCUT2D eigenvalue weighted by molar-refractivity contribution is -0.130. The van der Waals surface area contributed by atoms with E-state index in [0.717, 1.165) is 32.0 Å². The van der Waals surface area contributed by atoms with Gasteiger partial charge in [-0.05, 0) is 25.0 Å². The third-order valence-electron chi connectivity index (χ3n) is 4.62. The predicted molar refractivity (Wildman–Crippen MR) is 74.0 cm³/mol. The summed E-state index contributed by atoms with van der Waals surface area (Å²) < 4.78 is 0. The average Bonchev–Trinajstić information content (AvgIpc) is 3.06. The van der Waals surface area contributed by atoms with E-state index in [0.29, 0.717) is 5.69 Å². The van der Waals surface area contributed by atoms with E-state index in [-0.39, 0.29) is 18.2 Å². The molecule has 1 aliphatic heterocycles. The summed E-state index contributed by atoms with van der Waals surface area (Å²) in [6.07, 6.45) is 4.45. The van der Waals surface area contributed by atoms with Crippen molar-refractivity contribution in [2.75, 3.05) is 4.90 Å². The third kappa shape index (κ3) is 1.87. The van der Waals surface area contributed by atoms with Gasteiger partial charge >= 0.3 is 0 Å². The minimum absolute atomic E-state index is 0.159. The van der Waals surface area contributed by atoms with Crippen molar-refractivity contribution < 1.29 is 14.4 Å². The van der Waals surface area contributed by atoms with Crippen LogP contribution in [-0.2, 0) is 14.4 Å². The Kier molecular flexibility index (Phi) is 3.16. The molecule has 104 valence electrons. The first-order valence-electron chi connectivity index (χ1n) is 7.06. The number of anilines is 1. The van der Waals surface area contributed by atoms with Crippen molar-refractivity contribution in [3.63, 3.8) is 0 Å². The zero-order valence-electron chi connectivity index (χ0n) is 11.2. The number of carbonyl (C=O) groups excluding carboxylic acids is 3. The molecule has 0 unspecified atom stereocenters. The van der Waals surface area contributed by atoms with Crippen LogP contribution in [-0.4, -0.2) is 18.1 Å². The molecule has 4 nitrogen and oxygen atoms in total. The highest BCUT2D eigenvalue weighted by Crippen LogP contribution is 2.47. The van der Waals surface area contributed by atoms with Gasteiger partial charge < -0.3 is 4.79 Å². The largest absolute Gasteiger partial charge is 0.303 e. The second-order valence-electron chi connectivity index (χ2n) is 5.72. The first-order chi connectivity index (χ1) is 9.68. The lowest BCUT2D eigenvalue weighted by Gasteiger charge is -2.27. The maximum atomic E-state index is 12.6. The van der Waals surface area contributed by atoms with Gasteiger partial charge in [-0.2, -0.15) is 0 Å². The molecule has 0 N–H and O–H groups in total. The Hall–Kier alpha value is -1.97. The van der Waals surface area contributed by atoms with Crippen molar-refractivity contribution in [1.82, 2.24) is 0 Å². The van der Waals surface area contributed by atoms with Crippen molar-refractivity contribution in [2.24, 2.45) is 11.3 Å². The van der Waals surface area contributed by atoms with Crippen LogP contribution >= 0.6 is 0 Å². The number of aldehydes is 1. The van der Waals surface area contributed by atoms with Crippen LogP contribution in [0.3, 0.4) is 0 Å². The average molecular weight is 271 g/mol. The number of rotatable bonds is 3. The van der Waals surface area contributed by atoms with E-state index in [9.17, 15) is 14.4 Å². The fraction of sp³-hybridized carbons (Fsp3) is 0.438. The molecule has 0 aromatic heterocycles. The quantitative estimate of drug-likeness (QED) is 0.626. The summed E-state index contributed by atoms with van der Waals surface area (Å²) in [5.41, 5.74) is -0.0138. The number of nitrogens with zero attached hydrogens (tertiary/aromatic N) is 1. The highest BCUT2D eigenvalue weighted by Gasteiger charge is 2.52. The van der Waals surface area contributed by atoms with Crippen LogP contribution in [0.15, 0.2) is 30.3 Å². The van der Waals surface area contributed by atoms with Gasteiger partial charge in [0, 0.05) is 11.8 Å². The summed E-state index contributed by atoms with van der Waals surface area (Å²) in [6.45, 7) is 0. The van der Waals surface area contributed by atoms with Crippen molar-refractivity contribution in [3.05, 3.63) is 30.3 Å². The van der Waals surface area contributed by atoms with Crippen molar-refractivity contribution in [3.8, 4) is 0 Å². The first kappa shape index (κ1) is 13.0. The van der Waals surface area contributed by atoms with Gasteiger partial charge in [0.2, 0.25) is 11.8 Å². The zero-order valence-corrected chi connectivity index (χ0v) is 11.2. The molecule has 0 bridgehead atoms. The molecule has 2 amide bonds. The van der Waals surface area contributed by atoms with Gasteiger partial charge in [0.05, 0.1) is 11.6 Å². The number of hydrogen-bond acceptors (Lipinski definition) is 3. The highest BCUT2D eigenvalue weighted by molar-refractivity contribution is 6.21. The molecule has 4 heteroatoms. The molecule has 1 aliphatic carbocycles. The van der Waals surface area contributed by atoms with Gasteiger partial charge in [-0.15, -0.1) is 0 Å². The summed E-state index contributed by atoms with van der Waals surface area (Å²) in [5, 5.41) is 0. The zero-order chi connectivity index (χ0) is 14.2. The number of para-hydroxylation sites is 1. The fourth-order valence-electron chi connectivity index (χ4n) is 3.51. The summed E-state index contributed by atoms with van der Waals surface area (Å²) >= 11 is 0. The van der Waals surface area contributed by atoms with Gasteiger partial charge in [0.15, 0.2) is 0 Å². The highest BCUT2D eigenvalue weighted by atomic mass is 16.2. The molecule has 1 atom stereocenters. The Labute approximate surface area is 117 Å². The van der Waals surface area contributed by atoms with Crippen molar-refractivity contribution in [2.45, 2.75) is 32.1 Å². The Balaban J connectivity index is 1.93. The number of benzene rings is 1. The van der Waals surface area contributed by atoms with Crippen LogP contribution in [0.4, 0.5) is 5.69 Å². The lowest BCUT2D eigenvalue weighted by atomic mass is 9.74. The summed E-state index contributed by atoms with van der Waals surface area (Å²) in [4.78, 5) is 37.6. The summed E-state index contributed by atoms with van der Waals surface area (Å²) in [6, 6.07) is 8.94. The molecule has 1 aromatic carbocycles. The second-order valence-corrected chi connectivity index (χ2v) is 5.72. The topological polar surface area (TPSA) is 54.5 Å². The maximum Gasteiger partial charge on any atom is 0.238 e. The molecule has 2 fully saturated rings. The second kappa shape index (κ2) is 4.85. The first-order valence-corrected chi connectivity index (χ1v) is 7.06. The molecule has 0 spiro atoms. The van der Waals surface area contributed by atoms with Crippen molar-refractivity contribution in [1.29, 1.82) is 0 Å². The normalized spacial score (nSPS) is 25.2. The number of imide groups is 1. The van der Waals surface area contributed by atoms with Gasteiger partial charge in [0.25, 0.3) is 0 Å². The van der Waals surface area contributed by atoms with Crippen LogP contribution in [0.25, 0.3) is 0 Å². The Morgan fingerprint density at radius 3 is 2.35 bits per heavy atom. The van der Waals surface area contributed by atoms with E-state index in [1.54, 1.807) is 24.3 Å². The van der Waals surface area contributed by atoms with Crippen LogP contribution in [0.2, 0.25) is 0 Å². The molecule has 1 aromatic rings. The Morgan fingerprint density at radius 1 is 1.10 bits per heavy atom. The van der Waals surface area contributed by atoms with Gasteiger partial charge in [-0.1, -0.05) is 31.0 Å². The smallest absolute Gasteiger partial charge is 0.238 e. The molecular formula is C16H17NO3. The van der Waals surface area contributed by atoms with Crippen LogP contribution in [0.5, 0.6) is 0 Å². The molecule has 1 heterocycles. The third-order valence-corrected chi connectivity index (χ3v) is 4.62. The molecule has 1 saturated carbocycles. The van der Waals surface area contributed by atoms with Gasteiger partial charge in [-0.25, -0.2) is 0 Å². The van der Waals surface area contributed by atoms with E-state index < -0.39 is 11.3 Å². The van der Waals surface area contributed by atoms with Crippen LogP contribution < -0.4 is 4.90 Å². The minimum atomic E-state index is -0.615. The maximum absolute atomic E-state index is 12.6. The van der Waals surface area contributed by atoms with E-state index in [1.165, 1.54) is 4.90 Å². The Bertz CT molecular complexity index is 546. The van der Waals surface area contributed by atoms with Gasteiger partial charge in [0.1, 0.15) is 6.29 Å². The standard InChI is InChI=1S/C16H17NO3/c18-11-16(8-4-5-9-16)13-10-14(19)17(15(13)20)12-6-2-1-3-7-12/h1-3,6-7,11,13H,4-5,8-10H2/t13-/m1/s1. The van der Waals surface area contributed by atoms with E-state index in [1.807, 2.05) is 6.07 Å². The SMILES string of the molecule is O=CC1([C@@H]2CC(=O)N(c3ccccc3)C2=O)CCCC1. The molecular weight excluding hydrogens is 254 g/mol. The van der Waals surface area contributed by atoms with Crippen LogP contribution in [0.1, 0.15) is 32.1 Å². The summed E-state index contributed by atoms with van der Waals surface area (Å²) in [7, 11) is 0. The van der Waals surface area contributed by atoms with E-state index in [2.05, 4.69) is 0 Å². The van der Waals surface area contributed by atoms with Crippen molar-refractivity contribution >= 4 is 23.8 Å².